The van der Waals surface area contributed by atoms with E-state index >= 15 is 0 Å². The molecule has 1 aromatic rings. The van der Waals surface area contributed by atoms with E-state index in [4.69, 9.17) is 4.74 Å². The van der Waals surface area contributed by atoms with Crippen molar-refractivity contribution < 1.29 is 21.8 Å². The van der Waals surface area contributed by atoms with Crippen molar-refractivity contribution in [2.45, 2.75) is 37.7 Å². The Kier molecular flexibility index (Phi) is 6.11. The number of hydrogen-bond donors (Lipinski definition) is 1. The highest BCUT2D eigenvalue weighted by Gasteiger charge is 2.15. The zero-order valence-electron chi connectivity index (χ0n) is 12.8. The van der Waals surface area contributed by atoms with Crippen LogP contribution in [0, 0.1) is 0 Å². The first kappa shape index (κ1) is 18.2. The molecule has 0 aliphatic heterocycles. The Hall–Kier alpha value is -1.89. The minimum Gasteiger partial charge on any atom is -0.444 e. The molecule has 1 rings (SSSR count). The van der Waals surface area contributed by atoms with Crippen LogP contribution in [0.1, 0.15) is 32.8 Å². The fourth-order valence-corrected chi connectivity index (χ4v) is 1.99. The lowest BCUT2D eigenvalue weighted by Gasteiger charge is -2.19. The minimum absolute atomic E-state index is 0.365. The molecule has 1 amide bonds. The molecule has 0 saturated carbocycles. The van der Waals surface area contributed by atoms with Crippen LogP contribution in [0.4, 0.5) is 8.68 Å². The predicted molar refractivity (Wildman–Crippen MR) is 82.6 cm³/mol. The maximum Gasteiger partial charge on any atom is 0.407 e. The van der Waals surface area contributed by atoms with Gasteiger partial charge in [0.25, 0.3) is 0 Å². The molecule has 22 heavy (non-hydrogen) atoms. The smallest absolute Gasteiger partial charge is 0.407 e. The van der Waals surface area contributed by atoms with Crippen LogP contribution in [0.25, 0.3) is 6.08 Å². The first-order chi connectivity index (χ1) is 10.1. The van der Waals surface area contributed by atoms with Crippen LogP contribution in [0.3, 0.4) is 0 Å². The Morgan fingerprint density at radius 2 is 1.86 bits per heavy atom. The van der Waals surface area contributed by atoms with Crippen LogP contribution in [0.2, 0.25) is 0 Å². The van der Waals surface area contributed by atoms with Gasteiger partial charge in [-0.15, -0.1) is 3.89 Å². The number of carbonyl (C=O) groups is 1. The van der Waals surface area contributed by atoms with Crippen LogP contribution in [0.15, 0.2) is 35.2 Å². The zero-order chi connectivity index (χ0) is 16.8. The molecule has 0 aromatic heterocycles. The highest BCUT2D eigenvalue weighted by molar-refractivity contribution is 7.86. The van der Waals surface area contributed by atoms with E-state index in [0.29, 0.717) is 13.0 Å². The van der Waals surface area contributed by atoms with Crippen LogP contribution < -0.4 is 5.32 Å². The van der Waals surface area contributed by atoms with Crippen molar-refractivity contribution in [3.05, 3.63) is 35.9 Å². The van der Waals surface area contributed by atoms with Gasteiger partial charge in [-0.1, -0.05) is 24.3 Å². The molecule has 0 fully saturated rings. The summed E-state index contributed by atoms with van der Waals surface area (Å²) in [5.41, 5.74) is 0.211. The molecular formula is C15H20FNO4S. The summed E-state index contributed by atoms with van der Waals surface area (Å²) < 4.78 is 39.1. The Bertz CT molecular complexity index is 631. The molecule has 0 radical (unpaired) electrons. The molecule has 0 heterocycles. The van der Waals surface area contributed by atoms with E-state index < -0.39 is 21.9 Å². The van der Waals surface area contributed by atoms with Crippen LogP contribution in [0.5, 0.6) is 0 Å². The molecule has 0 bridgehead atoms. The van der Waals surface area contributed by atoms with Crippen LogP contribution in [-0.4, -0.2) is 26.7 Å². The maximum absolute atomic E-state index is 12.7. The second-order valence-electron chi connectivity index (χ2n) is 5.63. The fourth-order valence-electron chi connectivity index (χ4n) is 1.53. The summed E-state index contributed by atoms with van der Waals surface area (Å²) in [7, 11) is -4.66. The first-order valence-corrected chi connectivity index (χ1v) is 8.14. The molecule has 1 aromatic carbocycles. The molecular weight excluding hydrogens is 309 g/mol. The number of halogens is 1. The van der Waals surface area contributed by atoms with Crippen molar-refractivity contribution in [2.75, 3.05) is 6.54 Å². The van der Waals surface area contributed by atoms with Crippen molar-refractivity contribution >= 4 is 22.4 Å². The van der Waals surface area contributed by atoms with Crippen molar-refractivity contribution in [3.8, 4) is 0 Å². The molecule has 0 saturated heterocycles. The van der Waals surface area contributed by atoms with E-state index in [-0.39, 0.29) is 4.90 Å². The second-order valence-corrected chi connectivity index (χ2v) is 6.97. The average molecular weight is 329 g/mol. The number of rotatable bonds is 5. The summed E-state index contributed by atoms with van der Waals surface area (Å²) in [5.74, 6) is 0. The third kappa shape index (κ3) is 7.21. The number of nitrogens with one attached hydrogen (secondary N) is 1. The van der Waals surface area contributed by atoms with Crippen molar-refractivity contribution in [3.63, 3.8) is 0 Å². The lowest BCUT2D eigenvalue weighted by molar-refractivity contribution is 0.0529. The van der Waals surface area contributed by atoms with Gasteiger partial charge in [0.1, 0.15) is 5.60 Å². The van der Waals surface area contributed by atoms with Gasteiger partial charge >= 0.3 is 16.3 Å². The standard InChI is InChI=1S/C15H20FNO4S/c1-15(2,3)21-14(18)17-11-5-4-6-12-7-9-13(10-8-12)22(16,19)20/h4,6-10H,5,11H2,1-3H3,(H,17,18). The Balaban J connectivity index is 2.39. The van der Waals surface area contributed by atoms with E-state index in [9.17, 15) is 17.1 Å². The summed E-state index contributed by atoms with van der Waals surface area (Å²) in [6.07, 6.45) is 3.68. The molecule has 0 atom stereocenters. The zero-order valence-corrected chi connectivity index (χ0v) is 13.6. The quantitative estimate of drug-likeness (QED) is 0.665. The van der Waals surface area contributed by atoms with Crippen LogP contribution in [-0.2, 0) is 15.0 Å². The summed E-state index contributed by atoms with van der Waals surface area (Å²) >= 11 is 0. The first-order valence-electron chi connectivity index (χ1n) is 6.76. The molecule has 0 aliphatic rings. The molecule has 0 aliphatic carbocycles. The average Bonchev–Trinajstić information content (AvgIpc) is 2.35. The molecule has 7 heteroatoms. The van der Waals surface area contributed by atoms with E-state index in [1.54, 1.807) is 26.8 Å². The third-order valence-electron chi connectivity index (χ3n) is 2.45. The molecule has 0 unspecified atom stereocenters. The van der Waals surface area contributed by atoms with E-state index in [2.05, 4.69) is 5.32 Å². The van der Waals surface area contributed by atoms with Gasteiger partial charge in [0.05, 0.1) is 4.90 Å². The van der Waals surface area contributed by atoms with Gasteiger partial charge in [-0.05, 0) is 44.9 Å². The fraction of sp³-hybridized carbons (Fsp3) is 0.400. The largest absolute Gasteiger partial charge is 0.444 e. The monoisotopic (exact) mass is 329 g/mol. The van der Waals surface area contributed by atoms with Gasteiger partial charge in [0.15, 0.2) is 0 Å². The lowest BCUT2D eigenvalue weighted by Crippen LogP contribution is -2.32. The summed E-state index contributed by atoms with van der Waals surface area (Å²) in [6, 6.07) is 5.41. The lowest BCUT2D eigenvalue weighted by atomic mass is 10.2. The van der Waals surface area contributed by atoms with Gasteiger partial charge in [-0.3, -0.25) is 0 Å². The van der Waals surface area contributed by atoms with E-state index in [1.807, 2.05) is 6.08 Å². The number of benzene rings is 1. The van der Waals surface area contributed by atoms with Gasteiger partial charge in [-0.25, -0.2) is 4.79 Å². The van der Waals surface area contributed by atoms with Gasteiger partial charge in [0, 0.05) is 6.54 Å². The number of alkyl carbamates (subject to hydrolysis) is 1. The van der Waals surface area contributed by atoms with Crippen LogP contribution >= 0.6 is 0 Å². The van der Waals surface area contributed by atoms with Gasteiger partial charge in [-0.2, -0.15) is 8.42 Å². The number of ether oxygens (including phenoxy) is 1. The minimum atomic E-state index is -4.66. The molecule has 0 spiro atoms. The predicted octanol–water partition coefficient (Wildman–Crippen LogP) is 3.27. The Morgan fingerprint density at radius 3 is 2.36 bits per heavy atom. The third-order valence-corrected chi connectivity index (χ3v) is 3.29. The van der Waals surface area contributed by atoms with E-state index in [1.165, 1.54) is 24.3 Å². The Labute approximate surface area is 130 Å². The van der Waals surface area contributed by atoms with E-state index in [0.717, 1.165) is 5.56 Å². The summed E-state index contributed by atoms with van der Waals surface area (Å²) in [5, 5.41) is 2.61. The van der Waals surface area contributed by atoms with Crippen molar-refractivity contribution in [1.82, 2.24) is 5.32 Å². The number of carbonyl (C=O) groups excluding carboxylic acids is 1. The SMILES string of the molecule is CC(C)(C)OC(=O)NCCC=Cc1ccc(S(=O)(=O)F)cc1. The molecule has 122 valence electrons. The Morgan fingerprint density at radius 1 is 1.27 bits per heavy atom. The van der Waals surface area contributed by atoms with Crippen molar-refractivity contribution in [1.29, 1.82) is 0 Å². The summed E-state index contributed by atoms with van der Waals surface area (Å²) in [6.45, 7) is 5.78. The number of amides is 1. The number of hydrogen-bond acceptors (Lipinski definition) is 4. The highest BCUT2D eigenvalue weighted by Crippen LogP contribution is 2.14. The normalized spacial score (nSPS) is 12.4. The second kappa shape index (κ2) is 7.40. The van der Waals surface area contributed by atoms with Gasteiger partial charge < -0.3 is 10.1 Å². The maximum atomic E-state index is 12.7. The van der Waals surface area contributed by atoms with Crippen molar-refractivity contribution in [2.24, 2.45) is 0 Å². The highest BCUT2D eigenvalue weighted by atomic mass is 32.3. The molecule has 5 nitrogen and oxygen atoms in total. The summed E-state index contributed by atoms with van der Waals surface area (Å²) in [4.78, 5) is 11.0. The molecule has 1 N–H and O–H groups in total. The topological polar surface area (TPSA) is 72.5 Å². The van der Waals surface area contributed by atoms with Gasteiger partial charge in [0.2, 0.25) is 0 Å².